The molecule has 0 saturated carbocycles. The molecule has 0 aliphatic carbocycles. The summed E-state index contributed by atoms with van der Waals surface area (Å²) in [5.41, 5.74) is 0. The maximum absolute atomic E-state index is 5.41. The lowest BCUT2D eigenvalue weighted by Gasteiger charge is -2.00. The standard InChI is InChI=1S/C12H15O/c1-2-3-4-8-11-13-12-9-6-5-7-10-12/h4-9H,2-3,11H2,1H3/b8-4+. The second-order valence-electron chi connectivity index (χ2n) is 2.80. The largest absolute Gasteiger partial charge is 0.489 e. The van der Waals surface area contributed by atoms with E-state index in [9.17, 15) is 0 Å². The van der Waals surface area contributed by atoms with E-state index < -0.39 is 0 Å². The van der Waals surface area contributed by atoms with E-state index in [1.807, 2.05) is 30.3 Å². The number of allylic oxidation sites excluding steroid dienone is 1. The number of rotatable bonds is 5. The zero-order valence-corrected chi connectivity index (χ0v) is 7.99. The van der Waals surface area contributed by atoms with Crippen molar-refractivity contribution in [3.05, 3.63) is 42.5 Å². The fourth-order valence-corrected chi connectivity index (χ4v) is 0.957. The average molecular weight is 175 g/mol. The predicted molar refractivity (Wildman–Crippen MR) is 54.8 cm³/mol. The van der Waals surface area contributed by atoms with Gasteiger partial charge in [0, 0.05) is 6.07 Å². The summed E-state index contributed by atoms with van der Waals surface area (Å²) in [5.74, 6) is 0.809. The topological polar surface area (TPSA) is 9.23 Å². The van der Waals surface area contributed by atoms with Gasteiger partial charge in [-0.1, -0.05) is 43.7 Å². The molecule has 69 valence electrons. The molecule has 0 aliphatic rings. The van der Waals surface area contributed by atoms with Crippen LogP contribution in [-0.2, 0) is 0 Å². The number of unbranched alkanes of at least 4 members (excludes halogenated alkanes) is 1. The van der Waals surface area contributed by atoms with Crippen LogP contribution in [0.3, 0.4) is 0 Å². The molecule has 1 aromatic carbocycles. The van der Waals surface area contributed by atoms with Crippen molar-refractivity contribution in [2.75, 3.05) is 6.61 Å². The van der Waals surface area contributed by atoms with E-state index in [0.29, 0.717) is 6.61 Å². The van der Waals surface area contributed by atoms with E-state index in [2.05, 4.69) is 19.1 Å². The quantitative estimate of drug-likeness (QED) is 0.624. The van der Waals surface area contributed by atoms with Crippen LogP contribution in [0.1, 0.15) is 19.8 Å². The van der Waals surface area contributed by atoms with Crippen LogP contribution in [0, 0.1) is 6.07 Å². The molecule has 0 heterocycles. The Kier molecular flexibility index (Phi) is 4.77. The van der Waals surface area contributed by atoms with Crippen molar-refractivity contribution in [3.63, 3.8) is 0 Å². The molecule has 0 bridgehead atoms. The summed E-state index contributed by atoms with van der Waals surface area (Å²) in [6.07, 6.45) is 6.50. The summed E-state index contributed by atoms with van der Waals surface area (Å²) in [5, 5.41) is 0. The van der Waals surface area contributed by atoms with Crippen molar-refractivity contribution in [3.8, 4) is 5.75 Å². The van der Waals surface area contributed by atoms with E-state index in [-0.39, 0.29) is 0 Å². The number of ether oxygens (including phenoxy) is 1. The molecule has 0 aromatic heterocycles. The maximum atomic E-state index is 5.41. The monoisotopic (exact) mass is 175 g/mol. The highest BCUT2D eigenvalue weighted by atomic mass is 16.5. The van der Waals surface area contributed by atoms with Gasteiger partial charge in [-0.2, -0.15) is 0 Å². The third-order valence-corrected chi connectivity index (χ3v) is 1.64. The third-order valence-electron chi connectivity index (χ3n) is 1.64. The highest BCUT2D eigenvalue weighted by molar-refractivity contribution is 5.19. The van der Waals surface area contributed by atoms with Gasteiger partial charge in [0.25, 0.3) is 0 Å². The first kappa shape index (κ1) is 9.85. The molecule has 0 amide bonds. The van der Waals surface area contributed by atoms with Crippen LogP contribution in [0.5, 0.6) is 5.75 Å². The molecule has 1 aromatic rings. The van der Waals surface area contributed by atoms with Gasteiger partial charge < -0.3 is 4.74 Å². The molecule has 0 saturated heterocycles. The molecule has 0 aliphatic heterocycles. The molecule has 1 radical (unpaired) electrons. The van der Waals surface area contributed by atoms with Crippen LogP contribution in [0.2, 0.25) is 0 Å². The Morgan fingerprint density at radius 1 is 1.38 bits per heavy atom. The minimum atomic E-state index is 0.639. The van der Waals surface area contributed by atoms with Crippen LogP contribution in [-0.4, -0.2) is 6.61 Å². The molecule has 1 nitrogen and oxygen atoms in total. The van der Waals surface area contributed by atoms with Crippen molar-refractivity contribution in [2.45, 2.75) is 19.8 Å². The molecule has 13 heavy (non-hydrogen) atoms. The van der Waals surface area contributed by atoms with E-state index in [1.54, 1.807) is 0 Å². The first-order valence-electron chi connectivity index (χ1n) is 4.68. The van der Waals surface area contributed by atoms with Gasteiger partial charge in [0.1, 0.15) is 12.4 Å². The first-order chi connectivity index (χ1) is 6.43. The number of para-hydroxylation sites is 1. The van der Waals surface area contributed by atoms with E-state index in [1.165, 1.54) is 6.42 Å². The van der Waals surface area contributed by atoms with E-state index in [0.717, 1.165) is 12.2 Å². The van der Waals surface area contributed by atoms with E-state index in [4.69, 9.17) is 4.74 Å². The van der Waals surface area contributed by atoms with Gasteiger partial charge in [0.15, 0.2) is 0 Å². The van der Waals surface area contributed by atoms with Crippen molar-refractivity contribution < 1.29 is 4.74 Å². The van der Waals surface area contributed by atoms with Gasteiger partial charge in [0.2, 0.25) is 0 Å². The lowest BCUT2D eigenvalue weighted by Crippen LogP contribution is -1.92. The average Bonchev–Trinajstić information content (AvgIpc) is 2.19. The highest BCUT2D eigenvalue weighted by Crippen LogP contribution is 2.06. The highest BCUT2D eigenvalue weighted by Gasteiger charge is 1.87. The molecule has 1 rings (SSSR count). The first-order valence-corrected chi connectivity index (χ1v) is 4.68. The van der Waals surface area contributed by atoms with Crippen LogP contribution >= 0.6 is 0 Å². The van der Waals surface area contributed by atoms with Crippen molar-refractivity contribution >= 4 is 0 Å². The fraction of sp³-hybridized carbons (Fsp3) is 0.333. The Morgan fingerprint density at radius 2 is 2.31 bits per heavy atom. The lowest BCUT2D eigenvalue weighted by atomic mass is 10.3. The summed E-state index contributed by atoms with van der Waals surface area (Å²) in [4.78, 5) is 0. The summed E-state index contributed by atoms with van der Waals surface area (Å²) in [7, 11) is 0. The van der Waals surface area contributed by atoms with Gasteiger partial charge in [-0.05, 0) is 12.5 Å². The van der Waals surface area contributed by atoms with Gasteiger partial charge in [-0.3, -0.25) is 0 Å². The SMILES string of the molecule is CCC/C=C/COc1[c]cccc1. The Hall–Kier alpha value is -1.24. The predicted octanol–water partition coefficient (Wildman–Crippen LogP) is 3.22. The minimum absolute atomic E-state index is 0.639. The summed E-state index contributed by atoms with van der Waals surface area (Å²) >= 11 is 0. The summed E-state index contributed by atoms with van der Waals surface area (Å²) < 4.78 is 5.41. The second kappa shape index (κ2) is 6.30. The smallest absolute Gasteiger partial charge is 0.127 e. The summed E-state index contributed by atoms with van der Waals surface area (Å²) in [6, 6.07) is 10.6. The zero-order chi connectivity index (χ0) is 9.36. The Bertz CT molecular complexity index is 239. The molecule has 0 N–H and O–H groups in total. The molecule has 0 unspecified atom stereocenters. The van der Waals surface area contributed by atoms with Gasteiger partial charge in [-0.15, -0.1) is 0 Å². The lowest BCUT2D eigenvalue weighted by molar-refractivity contribution is 0.361. The second-order valence-corrected chi connectivity index (χ2v) is 2.80. The van der Waals surface area contributed by atoms with Crippen LogP contribution in [0.4, 0.5) is 0 Å². The van der Waals surface area contributed by atoms with E-state index >= 15 is 0 Å². The Labute approximate surface area is 80.0 Å². The van der Waals surface area contributed by atoms with Gasteiger partial charge in [-0.25, -0.2) is 0 Å². The molecule has 0 fully saturated rings. The minimum Gasteiger partial charge on any atom is -0.489 e. The van der Waals surface area contributed by atoms with Gasteiger partial charge in [0.05, 0.1) is 0 Å². The van der Waals surface area contributed by atoms with Crippen molar-refractivity contribution in [1.29, 1.82) is 0 Å². The molecular weight excluding hydrogens is 160 g/mol. The molecule has 0 spiro atoms. The Balaban J connectivity index is 2.20. The van der Waals surface area contributed by atoms with Gasteiger partial charge >= 0.3 is 0 Å². The number of hydrogen-bond donors (Lipinski definition) is 0. The van der Waals surface area contributed by atoms with Crippen LogP contribution in [0.25, 0.3) is 0 Å². The number of hydrogen-bond acceptors (Lipinski definition) is 1. The van der Waals surface area contributed by atoms with Crippen LogP contribution in [0.15, 0.2) is 36.4 Å². The summed E-state index contributed by atoms with van der Waals surface area (Å²) in [6.45, 7) is 2.80. The van der Waals surface area contributed by atoms with Crippen molar-refractivity contribution in [2.24, 2.45) is 0 Å². The zero-order valence-electron chi connectivity index (χ0n) is 7.99. The fourth-order valence-electron chi connectivity index (χ4n) is 0.957. The molecule has 1 heteroatoms. The third kappa shape index (κ3) is 4.36. The molecule has 0 atom stereocenters. The maximum Gasteiger partial charge on any atom is 0.127 e. The van der Waals surface area contributed by atoms with Crippen molar-refractivity contribution in [1.82, 2.24) is 0 Å². The molecular formula is C12H15O. The Morgan fingerprint density at radius 3 is 3.00 bits per heavy atom. The number of benzene rings is 1. The normalized spacial score (nSPS) is 10.5. The van der Waals surface area contributed by atoms with Crippen LogP contribution < -0.4 is 4.74 Å².